The first kappa shape index (κ1) is 14.8. The van der Waals surface area contributed by atoms with Gasteiger partial charge in [0, 0.05) is 17.1 Å². The molecule has 1 fully saturated rings. The molecular weight excluding hydrogens is 286 g/mol. The highest BCUT2D eigenvalue weighted by Gasteiger charge is 2.25. The minimum absolute atomic E-state index is 0.0429. The van der Waals surface area contributed by atoms with E-state index in [2.05, 4.69) is 4.72 Å². The number of rotatable bonds is 6. The lowest BCUT2D eigenvalue weighted by Gasteiger charge is -2.25. The smallest absolute Gasteiger partial charge is 0.211 e. The van der Waals surface area contributed by atoms with E-state index in [0.29, 0.717) is 10.6 Å². The zero-order valence-corrected chi connectivity index (χ0v) is 12.1. The largest absolute Gasteiger partial charge is 0.387 e. The van der Waals surface area contributed by atoms with Gasteiger partial charge in [-0.05, 0) is 24.8 Å². The zero-order valence-electron chi connectivity index (χ0n) is 10.5. The molecule has 1 saturated carbocycles. The van der Waals surface area contributed by atoms with E-state index in [-0.39, 0.29) is 18.2 Å². The van der Waals surface area contributed by atoms with Crippen LogP contribution in [0, 0.1) is 5.92 Å². The molecule has 0 heterocycles. The van der Waals surface area contributed by atoms with Crippen LogP contribution in [0.2, 0.25) is 5.02 Å². The van der Waals surface area contributed by atoms with Crippen LogP contribution < -0.4 is 4.72 Å². The molecule has 1 aliphatic rings. The molecule has 1 aromatic rings. The summed E-state index contributed by atoms with van der Waals surface area (Å²) in [6.07, 6.45) is 2.15. The Morgan fingerprint density at radius 2 is 2.05 bits per heavy atom. The minimum atomic E-state index is -3.31. The van der Waals surface area contributed by atoms with Gasteiger partial charge in [0.25, 0.3) is 0 Å². The van der Waals surface area contributed by atoms with Crippen molar-refractivity contribution < 1.29 is 13.5 Å². The van der Waals surface area contributed by atoms with Gasteiger partial charge in [-0.3, -0.25) is 0 Å². The van der Waals surface area contributed by atoms with E-state index in [1.54, 1.807) is 24.3 Å². The van der Waals surface area contributed by atoms with Crippen molar-refractivity contribution in [2.24, 2.45) is 5.92 Å². The van der Waals surface area contributed by atoms with Crippen LogP contribution in [0.3, 0.4) is 0 Å². The van der Waals surface area contributed by atoms with Crippen LogP contribution in [0.25, 0.3) is 0 Å². The first-order valence-electron chi connectivity index (χ1n) is 6.38. The number of hydrogen-bond acceptors (Lipinski definition) is 3. The number of halogens is 1. The average molecular weight is 304 g/mol. The van der Waals surface area contributed by atoms with Crippen molar-refractivity contribution in [3.05, 3.63) is 34.9 Å². The van der Waals surface area contributed by atoms with Gasteiger partial charge in [0.15, 0.2) is 0 Å². The Kier molecular flexibility index (Phi) is 4.84. The van der Waals surface area contributed by atoms with Gasteiger partial charge in [-0.1, -0.05) is 36.2 Å². The third-order valence-corrected chi connectivity index (χ3v) is 5.30. The number of benzene rings is 1. The highest BCUT2D eigenvalue weighted by molar-refractivity contribution is 7.89. The van der Waals surface area contributed by atoms with Crippen molar-refractivity contribution in [2.75, 3.05) is 12.3 Å². The summed E-state index contributed by atoms with van der Waals surface area (Å²) < 4.78 is 26.0. The predicted octanol–water partition coefficient (Wildman–Crippen LogP) is 2.09. The summed E-state index contributed by atoms with van der Waals surface area (Å²) in [6.45, 7) is -0.0429. The summed E-state index contributed by atoms with van der Waals surface area (Å²) in [5.41, 5.74) is 0.538. The van der Waals surface area contributed by atoms with Crippen LogP contribution in [-0.4, -0.2) is 25.8 Å². The summed E-state index contributed by atoms with van der Waals surface area (Å²) in [5.74, 6) is 0.428. The van der Waals surface area contributed by atoms with Crippen LogP contribution in [0.15, 0.2) is 24.3 Å². The predicted molar refractivity (Wildman–Crippen MR) is 75.5 cm³/mol. The molecule has 4 nitrogen and oxygen atoms in total. The number of sulfonamides is 1. The van der Waals surface area contributed by atoms with Crippen LogP contribution in [0.4, 0.5) is 0 Å². The van der Waals surface area contributed by atoms with Gasteiger partial charge < -0.3 is 5.11 Å². The van der Waals surface area contributed by atoms with Gasteiger partial charge in [0.2, 0.25) is 10.0 Å². The van der Waals surface area contributed by atoms with Crippen LogP contribution in [0.5, 0.6) is 0 Å². The van der Waals surface area contributed by atoms with Crippen LogP contribution in [0.1, 0.15) is 30.9 Å². The Hall–Kier alpha value is -0.620. The Morgan fingerprint density at radius 3 is 2.63 bits per heavy atom. The molecule has 106 valence electrons. The molecule has 1 atom stereocenters. The monoisotopic (exact) mass is 303 g/mol. The molecule has 0 radical (unpaired) electrons. The van der Waals surface area contributed by atoms with Crippen molar-refractivity contribution in [1.82, 2.24) is 4.72 Å². The van der Waals surface area contributed by atoms with Gasteiger partial charge in [-0.15, -0.1) is 0 Å². The molecule has 0 aliphatic heterocycles. The first-order chi connectivity index (χ1) is 8.98. The van der Waals surface area contributed by atoms with Gasteiger partial charge in [-0.2, -0.15) is 0 Å². The zero-order chi connectivity index (χ0) is 13.9. The lowest BCUT2D eigenvalue weighted by Crippen LogP contribution is -2.34. The molecule has 2 rings (SSSR count). The summed E-state index contributed by atoms with van der Waals surface area (Å²) >= 11 is 5.95. The van der Waals surface area contributed by atoms with E-state index in [4.69, 9.17) is 11.6 Å². The third-order valence-electron chi connectivity index (χ3n) is 3.44. The van der Waals surface area contributed by atoms with E-state index in [9.17, 15) is 13.5 Å². The molecule has 1 aliphatic carbocycles. The molecule has 6 heteroatoms. The number of aliphatic hydroxyl groups is 1. The maximum absolute atomic E-state index is 11.8. The van der Waals surface area contributed by atoms with Gasteiger partial charge in [0.05, 0.1) is 11.9 Å². The van der Waals surface area contributed by atoms with Crippen LogP contribution in [-0.2, 0) is 10.0 Å². The fourth-order valence-electron chi connectivity index (χ4n) is 2.09. The Labute approximate surface area is 118 Å². The van der Waals surface area contributed by atoms with Crippen molar-refractivity contribution in [1.29, 1.82) is 0 Å². The topological polar surface area (TPSA) is 66.4 Å². The molecule has 0 aromatic heterocycles. The van der Waals surface area contributed by atoms with E-state index >= 15 is 0 Å². The van der Waals surface area contributed by atoms with E-state index in [1.165, 1.54) is 0 Å². The van der Waals surface area contributed by atoms with Crippen molar-refractivity contribution >= 4 is 21.6 Å². The van der Waals surface area contributed by atoms with Gasteiger partial charge >= 0.3 is 0 Å². The molecule has 0 spiro atoms. The molecule has 1 aromatic carbocycles. The minimum Gasteiger partial charge on any atom is -0.387 e. The first-order valence-corrected chi connectivity index (χ1v) is 8.41. The number of aliphatic hydroxyl groups excluding tert-OH is 1. The van der Waals surface area contributed by atoms with Gasteiger partial charge in [0.1, 0.15) is 0 Å². The fourth-order valence-corrected chi connectivity index (χ4v) is 3.84. The fraction of sp³-hybridized carbons (Fsp3) is 0.538. The average Bonchev–Trinajstić information content (AvgIpc) is 2.32. The number of hydrogen-bond donors (Lipinski definition) is 2. The Bertz CT molecular complexity index is 528. The summed E-state index contributed by atoms with van der Waals surface area (Å²) in [7, 11) is -3.31. The van der Waals surface area contributed by atoms with Crippen molar-refractivity contribution in [3.8, 4) is 0 Å². The Morgan fingerprint density at radius 1 is 1.37 bits per heavy atom. The highest BCUT2D eigenvalue weighted by atomic mass is 35.5. The van der Waals surface area contributed by atoms with E-state index in [0.717, 1.165) is 19.3 Å². The molecule has 19 heavy (non-hydrogen) atoms. The molecule has 1 unspecified atom stereocenters. The quantitative estimate of drug-likeness (QED) is 0.845. The normalized spacial score (nSPS) is 18.0. The third kappa shape index (κ3) is 4.18. The van der Waals surface area contributed by atoms with E-state index < -0.39 is 16.1 Å². The molecule has 0 amide bonds. The second kappa shape index (κ2) is 6.22. The molecule has 2 N–H and O–H groups in total. The molecule has 0 saturated heterocycles. The highest BCUT2D eigenvalue weighted by Crippen LogP contribution is 2.27. The van der Waals surface area contributed by atoms with E-state index in [1.807, 2.05) is 0 Å². The lowest BCUT2D eigenvalue weighted by molar-refractivity contribution is 0.182. The summed E-state index contributed by atoms with van der Waals surface area (Å²) in [4.78, 5) is 0. The van der Waals surface area contributed by atoms with Crippen molar-refractivity contribution in [2.45, 2.75) is 25.4 Å². The maximum Gasteiger partial charge on any atom is 0.211 e. The standard InChI is InChI=1S/C13H18ClNO3S/c14-12-7-2-1-6-11(12)13(16)8-15-19(17,18)9-10-4-3-5-10/h1-2,6-7,10,13,15-16H,3-5,8-9H2. The van der Waals surface area contributed by atoms with Crippen molar-refractivity contribution in [3.63, 3.8) is 0 Å². The summed E-state index contributed by atoms with van der Waals surface area (Å²) in [6, 6.07) is 6.88. The van der Waals surface area contributed by atoms with Gasteiger partial charge in [-0.25, -0.2) is 13.1 Å². The lowest BCUT2D eigenvalue weighted by atomic mass is 9.87. The van der Waals surface area contributed by atoms with Crippen LogP contribution >= 0.6 is 11.6 Å². The molecule has 0 bridgehead atoms. The second-order valence-electron chi connectivity index (χ2n) is 4.96. The number of nitrogens with one attached hydrogen (secondary N) is 1. The maximum atomic E-state index is 11.8. The Balaban J connectivity index is 1.89. The SMILES string of the molecule is O=S(=O)(CC1CCC1)NCC(O)c1ccccc1Cl. The summed E-state index contributed by atoms with van der Waals surface area (Å²) in [5, 5.41) is 10.4. The molecular formula is C13H18ClNO3S. The second-order valence-corrected chi connectivity index (χ2v) is 7.22.